The van der Waals surface area contributed by atoms with Crippen LogP contribution in [-0.4, -0.2) is 27.2 Å². The smallest absolute Gasteiger partial charge is 0.251 e. The zero-order valence-electron chi connectivity index (χ0n) is 9.47. The van der Waals surface area contributed by atoms with Crippen LogP contribution >= 0.6 is 31.9 Å². The van der Waals surface area contributed by atoms with Gasteiger partial charge in [0.2, 0.25) is 5.75 Å². The molecule has 0 unspecified atom stereocenters. The third kappa shape index (κ3) is 2.35. The topological polar surface area (TPSA) is 70.8 Å². The minimum absolute atomic E-state index is 0.236. The molecule has 7 heteroatoms. The molecule has 5 nitrogen and oxygen atoms in total. The number of ether oxygens (including phenoxy) is 3. The molecule has 0 spiro atoms. The van der Waals surface area contributed by atoms with Gasteiger partial charge in [-0.3, -0.25) is 4.79 Å². The number of benzene rings is 1. The fourth-order valence-electron chi connectivity index (χ4n) is 1.39. The predicted octanol–water partition coefficient (Wildman–Crippen LogP) is 2.34. The summed E-state index contributed by atoms with van der Waals surface area (Å²) >= 11 is 6.51. The van der Waals surface area contributed by atoms with Crippen LogP contribution in [0.4, 0.5) is 0 Å². The van der Waals surface area contributed by atoms with E-state index in [1.54, 1.807) is 0 Å². The Kier molecular flexibility index (Phi) is 4.64. The average molecular weight is 369 g/mol. The minimum atomic E-state index is -0.608. The van der Waals surface area contributed by atoms with Crippen molar-refractivity contribution in [3.63, 3.8) is 0 Å². The Balaban J connectivity index is 3.73. The van der Waals surface area contributed by atoms with Gasteiger partial charge in [0.15, 0.2) is 11.5 Å². The summed E-state index contributed by atoms with van der Waals surface area (Å²) in [5, 5.41) is 0. The first-order chi connectivity index (χ1) is 7.99. The van der Waals surface area contributed by atoms with Gasteiger partial charge in [-0.15, -0.1) is 0 Å². The van der Waals surface area contributed by atoms with Crippen molar-refractivity contribution >= 4 is 37.8 Å². The van der Waals surface area contributed by atoms with E-state index in [0.717, 1.165) is 0 Å². The van der Waals surface area contributed by atoms with Crippen molar-refractivity contribution in [2.75, 3.05) is 21.3 Å². The van der Waals surface area contributed by atoms with E-state index >= 15 is 0 Å². The lowest BCUT2D eigenvalue weighted by atomic mass is 10.1. The molecular weight excluding hydrogens is 358 g/mol. The number of halogens is 2. The molecule has 0 heterocycles. The van der Waals surface area contributed by atoms with Crippen molar-refractivity contribution < 1.29 is 19.0 Å². The monoisotopic (exact) mass is 367 g/mol. The van der Waals surface area contributed by atoms with Crippen molar-refractivity contribution in [1.82, 2.24) is 0 Å². The number of primary amides is 1. The summed E-state index contributed by atoms with van der Waals surface area (Å²) < 4.78 is 16.4. The van der Waals surface area contributed by atoms with Gasteiger partial charge in [0, 0.05) is 0 Å². The number of carbonyl (C=O) groups excluding carboxylic acids is 1. The largest absolute Gasteiger partial charge is 0.492 e. The van der Waals surface area contributed by atoms with E-state index in [-0.39, 0.29) is 5.56 Å². The van der Waals surface area contributed by atoms with Gasteiger partial charge < -0.3 is 19.9 Å². The number of amides is 1. The third-order valence-corrected chi connectivity index (χ3v) is 3.62. The predicted molar refractivity (Wildman–Crippen MR) is 70.0 cm³/mol. The lowest BCUT2D eigenvalue weighted by molar-refractivity contribution is 0.0998. The van der Waals surface area contributed by atoms with Gasteiger partial charge in [-0.2, -0.15) is 0 Å². The molecule has 0 saturated heterocycles. The van der Waals surface area contributed by atoms with Crippen molar-refractivity contribution in [3.05, 3.63) is 14.5 Å². The molecule has 94 valence electrons. The van der Waals surface area contributed by atoms with E-state index < -0.39 is 5.91 Å². The maximum absolute atomic E-state index is 11.4. The number of nitrogens with two attached hydrogens (primary N) is 1. The highest BCUT2D eigenvalue weighted by molar-refractivity contribution is 9.11. The molecule has 1 aromatic rings. The van der Waals surface area contributed by atoms with Crippen molar-refractivity contribution in [3.8, 4) is 17.2 Å². The summed E-state index contributed by atoms with van der Waals surface area (Å²) in [4.78, 5) is 11.4. The molecule has 0 atom stereocenters. The van der Waals surface area contributed by atoms with Gasteiger partial charge >= 0.3 is 0 Å². The van der Waals surface area contributed by atoms with E-state index in [0.29, 0.717) is 26.2 Å². The second kappa shape index (κ2) is 5.59. The number of carbonyl (C=O) groups is 1. The first-order valence-electron chi connectivity index (χ1n) is 4.46. The van der Waals surface area contributed by atoms with Crippen molar-refractivity contribution in [2.24, 2.45) is 5.73 Å². The molecule has 0 aromatic heterocycles. The number of hydrogen-bond donors (Lipinski definition) is 1. The quantitative estimate of drug-likeness (QED) is 0.885. The molecule has 2 N–H and O–H groups in total. The van der Waals surface area contributed by atoms with E-state index in [4.69, 9.17) is 19.9 Å². The first kappa shape index (κ1) is 14.1. The Hall–Kier alpha value is -0.950. The maximum Gasteiger partial charge on any atom is 0.251 e. The van der Waals surface area contributed by atoms with Crippen LogP contribution < -0.4 is 19.9 Å². The Morgan fingerprint density at radius 1 is 0.941 bits per heavy atom. The molecule has 1 rings (SSSR count). The van der Waals surface area contributed by atoms with Gasteiger partial charge in [0.05, 0.1) is 35.8 Å². The maximum atomic E-state index is 11.4. The van der Waals surface area contributed by atoms with Crippen LogP contribution in [0, 0.1) is 0 Å². The fraction of sp³-hybridized carbons (Fsp3) is 0.300. The van der Waals surface area contributed by atoms with E-state index in [1.807, 2.05) is 0 Å². The summed E-state index contributed by atoms with van der Waals surface area (Å²) in [6.45, 7) is 0. The molecule has 1 aromatic carbocycles. The van der Waals surface area contributed by atoms with Gasteiger partial charge in [0.1, 0.15) is 0 Å². The highest BCUT2D eigenvalue weighted by atomic mass is 79.9. The second-order valence-electron chi connectivity index (χ2n) is 2.97. The Bertz CT molecular complexity index is 431. The summed E-state index contributed by atoms with van der Waals surface area (Å²) in [7, 11) is 4.39. The molecule has 1 amide bonds. The summed E-state index contributed by atoms with van der Waals surface area (Å²) in [6.07, 6.45) is 0. The summed E-state index contributed by atoms with van der Waals surface area (Å²) in [5.41, 5.74) is 5.54. The molecule has 17 heavy (non-hydrogen) atoms. The van der Waals surface area contributed by atoms with Crippen molar-refractivity contribution in [2.45, 2.75) is 0 Å². The van der Waals surface area contributed by atoms with Gasteiger partial charge in [-0.1, -0.05) is 0 Å². The molecule has 0 fully saturated rings. The van der Waals surface area contributed by atoms with Gasteiger partial charge in [0.25, 0.3) is 5.91 Å². The van der Waals surface area contributed by atoms with Crippen LogP contribution in [0.1, 0.15) is 10.4 Å². The lowest BCUT2D eigenvalue weighted by Gasteiger charge is -2.17. The molecule has 0 aliphatic heterocycles. The van der Waals surface area contributed by atoms with E-state index in [1.165, 1.54) is 21.3 Å². The standard InChI is InChI=1S/C10H11Br2NO4/c1-15-7-5(11)4(10(13)14)6(12)8(16-2)9(7)17-3/h1-3H3,(H2,13,14). The van der Waals surface area contributed by atoms with E-state index in [9.17, 15) is 4.79 Å². The highest BCUT2D eigenvalue weighted by Crippen LogP contribution is 2.49. The van der Waals surface area contributed by atoms with Crippen LogP contribution in [0.25, 0.3) is 0 Å². The van der Waals surface area contributed by atoms with Crippen LogP contribution in [0.15, 0.2) is 8.95 Å². The Labute approximate surface area is 115 Å². The zero-order valence-corrected chi connectivity index (χ0v) is 12.6. The molecular formula is C10H11Br2NO4. The normalized spacial score (nSPS) is 9.94. The average Bonchev–Trinajstić information content (AvgIpc) is 2.27. The summed E-state index contributed by atoms with van der Waals surface area (Å²) in [6, 6.07) is 0. The van der Waals surface area contributed by atoms with Gasteiger partial charge in [-0.25, -0.2) is 0 Å². The second-order valence-corrected chi connectivity index (χ2v) is 4.55. The molecule has 0 radical (unpaired) electrons. The van der Waals surface area contributed by atoms with Crippen LogP contribution in [0.2, 0.25) is 0 Å². The molecule has 0 bridgehead atoms. The van der Waals surface area contributed by atoms with Crippen molar-refractivity contribution in [1.29, 1.82) is 0 Å². The van der Waals surface area contributed by atoms with Crippen LogP contribution in [-0.2, 0) is 0 Å². The van der Waals surface area contributed by atoms with Gasteiger partial charge in [-0.05, 0) is 31.9 Å². The lowest BCUT2D eigenvalue weighted by Crippen LogP contribution is -2.14. The minimum Gasteiger partial charge on any atom is -0.492 e. The third-order valence-electron chi connectivity index (χ3n) is 2.11. The zero-order chi connectivity index (χ0) is 13.2. The Morgan fingerprint density at radius 3 is 1.53 bits per heavy atom. The highest BCUT2D eigenvalue weighted by Gasteiger charge is 2.26. The van der Waals surface area contributed by atoms with Crippen LogP contribution in [0.3, 0.4) is 0 Å². The SMILES string of the molecule is COc1c(Br)c(C(N)=O)c(Br)c(OC)c1OC. The Morgan fingerprint density at radius 2 is 1.29 bits per heavy atom. The molecule has 0 aliphatic rings. The number of rotatable bonds is 4. The molecule has 0 saturated carbocycles. The van der Waals surface area contributed by atoms with Crippen LogP contribution in [0.5, 0.6) is 17.2 Å². The van der Waals surface area contributed by atoms with E-state index in [2.05, 4.69) is 31.9 Å². The summed E-state index contributed by atoms with van der Waals surface area (Å²) in [5.74, 6) is 0.462. The number of methoxy groups -OCH3 is 3. The fourth-order valence-corrected chi connectivity index (χ4v) is 3.13. The first-order valence-corrected chi connectivity index (χ1v) is 6.04. The number of hydrogen-bond acceptors (Lipinski definition) is 4. The molecule has 0 aliphatic carbocycles.